The predicted octanol–water partition coefficient (Wildman–Crippen LogP) is 2.86. The van der Waals surface area contributed by atoms with Crippen LogP contribution < -0.4 is 14.8 Å². The molecule has 0 spiro atoms. The summed E-state index contributed by atoms with van der Waals surface area (Å²) in [5.41, 5.74) is 0.316. The third-order valence-corrected chi connectivity index (χ3v) is 2.97. The van der Waals surface area contributed by atoms with Crippen molar-refractivity contribution < 1.29 is 18.8 Å². The normalized spacial score (nSPS) is 10.2. The highest BCUT2D eigenvalue weighted by Crippen LogP contribution is 2.37. The second kappa shape index (κ2) is 6.65. The zero-order valence-corrected chi connectivity index (χ0v) is 11.8. The molecule has 1 aromatic heterocycles. The van der Waals surface area contributed by atoms with Crippen molar-refractivity contribution >= 4 is 11.4 Å². The van der Waals surface area contributed by atoms with Crippen molar-refractivity contribution in [2.45, 2.75) is 6.42 Å². The molecule has 1 heterocycles. The Morgan fingerprint density at radius 3 is 2.57 bits per heavy atom. The molecule has 7 nitrogen and oxygen atoms in total. The summed E-state index contributed by atoms with van der Waals surface area (Å²) in [6, 6.07) is 6.55. The van der Waals surface area contributed by atoms with Crippen molar-refractivity contribution in [3.8, 4) is 11.5 Å². The minimum Gasteiger partial charge on any atom is -0.493 e. The molecule has 1 N–H and O–H groups in total. The van der Waals surface area contributed by atoms with Crippen molar-refractivity contribution in [3.63, 3.8) is 0 Å². The first-order valence-corrected chi connectivity index (χ1v) is 6.32. The first-order chi connectivity index (χ1) is 10.2. The molecule has 0 bridgehead atoms. The lowest BCUT2D eigenvalue weighted by atomic mass is 10.2. The van der Waals surface area contributed by atoms with Gasteiger partial charge < -0.3 is 19.2 Å². The molecular formula is C14H16N2O5. The smallest absolute Gasteiger partial charge is 0.296 e. The lowest BCUT2D eigenvalue weighted by molar-refractivity contribution is -0.384. The molecule has 2 rings (SSSR count). The number of nitro groups is 1. The summed E-state index contributed by atoms with van der Waals surface area (Å²) in [4.78, 5) is 10.7. The second-order valence-electron chi connectivity index (χ2n) is 4.24. The quantitative estimate of drug-likeness (QED) is 0.623. The highest BCUT2D eigenvalue weighted by molar-refractivity contribution is 5.68. The molecule has 0 fully saturated rings. The highest BCUT2D eigenvalue weighted by Gasteiger charge is 2.19. The lowest BCUT2D eigenvalue weighted by Crippen LogP contribution is -2.07. The predicted molar refractivity (Wildman–Crippen MR) is 77.1 cm³/mol. The maximum absolute atomic E-state index is 11.1. The number of nitrogens with one attached hydrogen (secondary N) is 1. The Kier molecular flexibility index (Phi) is 4.65. The zero-order chi connectivity index (χ0) is 15.2. The average Bonchev–Trinajstić information content (AvgIpc) is 2.99. The van der Waals surface area contributed by atoms with Gasteiger partial charge in [-0.2, -0.15) is 0 Å². The third-order valence-electron chi connectivity index (χ3n) is 2.97. The number of rotatable bonds is 7. The topological polar surface area (TPSA) is 86.8 Å². The van der Waals surface area contributed by atoms with Gasteiger partial charge in [-0.1, -0.05) is 0 Å². The van der Waals surface area contributed by atoms with Gasteiger partial charge in [0.1, 0.15) is 11.4 Å². The van der Waals surface area contributed by atoms with E-state index in [4.69, 9.17) is 13.9 Å². The fourth-order valence-corrected chi connectivity index (χ4v) is 1.94. The molecule has 0 aliphatic rings. The third kappa shape index (κ3) is 3.44. The van der Waals surface area contributed by atoms with Gasteiger partial charge in [0.2, 0.25) is 0 Å². The van der Waals surface area contributed by atoms with Gasteiger partial charge >= 0.3 is 0 Å². The Labute approximate surface area is 121 Å². The number of benzene rings is 1. The standard InChI is InChI=1S/C14H16N2O5/c1-19-13-8-11(12(16(17)18)9-14(13)20-2)15-6-5-10-4-3-7-21-10/h3-4,7-9,15H,5-6H2,1-2H3. The van der Waals surface area contributed by atoms with Crippen LogP contribution in [0.3, 0.4) is 0 Å². The first kappa shape index (κ1) is 14.7. The van der Waals surface area contributed by atoms with Crippen LogP contribution in [-0.2, 0) is 6.42 Å². The number of methoxy groups -OCH3 is 2. The second-order valence-corrected chi connectivity index (χ2v) is 4.24. The summed E-state index contributed by atoms with van der Waals surface area (Å²) in [5.74, 6) is 1.56. The summed E-state index contributed by atoms with van der Waals surface area (Å²) < 4.78 is 15.4. The molecule has 7 heteroatoms. The molecule has 21 heavy (non-hydrogen) atoms. The number of hydrogen-bond donors (Lipinski definition) is 1. The Morgan fingerprint density at radius 2 is 2.00 bits per heavy atom. The Morgan fingerprint density at radius 1 is 1.29 bits per heavy atom. The van der Waals surface area contributed by atoms with Crippen molar-refractivity contribution in [3.05, 3.63) is 46.4 Å². The molecule has 1 aromatic carbocycles. The Bertz CT molecular complexity index is 610. The number of hydrogen-bond acceptors (Lipinski definition) is 6. The highest BCUT2D eigenvalue weighted by atomic mass is 16.6. The molecule has 0 atom stereocenters. The van der Waals surface area contributed by atoms with E-state index in [-0.39, 0.29) is 5.69 Å². The van der Waals surface area contributed by atoms with Gasteiger partial charge in [0, 0.05) is 19.0 Å². The van der Waals surface area contributed by atoms with E-state index in [1.807, 2.05) is 6.07 Å². The SMILES string of the molecule is COc1cc(NCCc2ccco2)c([N+](=O)[O-])cc1OC. The van der Waals surface area contributed by atoms with Crippen molar-refractivity contribution in [2.75, 3.05) is 26.1 Å². The van der Waals surface area contributed by atoms with Crippen molar-refractivity contribution in [1.29, 1.82) is 0 Å². The van der Waals surface area contributed by atoms with E-state index < -0.39 is 4.92 Å². The summed E-state index contributed by atoms with van der Waals surface area (Å²) in [5, 5.41) is 14.2. The maximum Gasteiger partial charge on any atom is 0.296 e. The summed E-state index contributed by atoms with van der Waals surface area (Å²) in [7, 11) is 2.92. The molecule has 0 saturated carbocycles. The molecule has 112 valence electrons. The molecule has 0 amide bonds. The van der Waals surface area contributed by atoms with Crippen LogP contribution in [0.25, 0.3) is 0 Å². The molecule has 2 aromatic rings. The molecule has 0 aliphatic carbocycles. The number of nitro benzene ring substituents is 1. The lowest BCUT2D eigenvalue weighted by Gasteiger charge is -2.11. The van der Waals surface area contributed by atoms with Crippen LogP contribution in [-0.4, -0.2) is 25.7 Å². The fourth-order valence-electron chi connectivity index (χ4n) is 1.94. The molecule has 0 aliphatic heterocycles. The Balaban J connectivity index is 2.17. The summed E-state index contributed by atoms with van der Waals surface area (Å²) >= 11 is 0. The van der Waals surface area contributed by atoms with Crippen molar-refractivity contribution in [1.82, 2.24) is 0 Å². The molecule has 0 unspecified atom stereocenters. The van der Waals surface area contributed by atoms with E-state index in [2.05, 4.69) is 5.32 Å². The average molecular weight is 292 g/mol. The summed E-state index contributed by atoms with van der Waals surface area (Å²) in [6.45, 7) is 0.504. The van der Waals surface area contributed by atoms with Crippen LogP contribution in [0.4, 0.5) is 11.4 Å². The van der Waals surface area contributed by atoms with Gasteiger partial charge in [0.25, 0.3) is 5.69 Å². The van der Waals surface area contributed by atoms with Gasteiger partial charge in [0.15, 0.2) is 11.5 Å². The van der Waals surface area contributed by atoms with Crippen molar-refractivity contribution in [2.24, 2.45) is 0 Å². The first-order valence-electron chi connectivity index (χ1n) is 6.32. The number of anilines is 1. The fraction of sp³-hybridized carbons (Fsp3) is 0.286. The van der Waals surface area contributed by atoms with Gasteiger partial charge in [-0.25, -0.2) is 0 Å². The van der Waals surface area contributed by atoms with Gasteiger partial charge in [0.05, 0.1) is 31.5 Å². The number of furan rings is 1. The van der Waals surface area contributed by atoms with Gasteiger partial charge in [-0.3, -0.25) is 10.1 Å². The van der Waals surface area contributed by atoms with E-state index in [9.17, 15) is 10.1 Å². The molecule has 0 radical (unpaired) electrons. The maximum atomic E-state index is 11.1. The minimum absolute atomic E-state index is 0.0629. The van der Waals surface area contributed by atoms with Crippen LogP contribution in [0, 0.1) is 10.1 Å². The zero-order valence-electron chi connectivity index (χ0n) is 11.8. The number of ether oxygens (including phenoxy) is 2. The molecular weight excluding hydrogens is 276 g/mol. The Hall–Kier alpha value is -2.70. The monoisotopic (exact) mass is 292 g/mol. The molecule has 0 saturated heterocycles. The summed E-state index contributed by atoms with van der Waals surface area (Å²) in [6.07, 6.45) is 2.21. The largest absolute Gasteiger partial charge is 0.493 e. The van der Waals surface area contributed by atoms with E-state index >= 15 is 0 Å². The van der Waals surface area contributed by atoms with E-state index in [1.54, 1.807) is 18.4 Å². The van der Waals surface area contributed by atoms with Gasteiger partial charge in [-0.15, -0.1) is 0 Å². The van der Waals surface area contributed by atoms with Crippen LogP contribution in [0.15, 0.2) is 34.9 Å². The van der Waals surface area contributed by atoms with Crippen LogP contribution >= 0.6 is 0 Å². The number of nitrogens with zero attached hydrogens (tertiary/aromatic N) is 1. The van der Waals surface area contributed by atoms with E-state index in [0.29, 0.717) is 30.2 Å². The minimum atomic E-state index is -0.461. The van der Waals surface area contributed by atoms with E-state index in [0.717, 1.165) is 5.76 Å². The van der Waals surface area contributed by atoms with Crippen LogP contribution in [0.5, 0.6) is 11.5 Å². The van der Waals surface area contributed by atoms with Gasteiger partial charge in [-0.05, 0) is 12.1 Å². The van der Waals surface area contributed by atoms with Crippen LogP contribution in [0.1, 0.15) is 5.76 Å². The van der Waals surface area contributed by atoms with Crippen LogP contribution in [0.2, 0.25) is 0 Å². The van der Waals surface area contributed by atoms with E-state index in [1.165, 1.54) is 20.3 Å².